The van der Waals surface area contributed by atoms with Gasteiger partial charge < -0.3 is 52.5 Å². The molecule has 2 fully saturated rings. The number of likely N-dealkylation sites (N-methyl/N-ethyl adjacent to an activating group) is 1. The van der Waals surface area contributed by atoms with Gasteiger partial charge in [-0.3, -0.25) is 4.90 Å². The van der Waals surface area contributed by atoms with Crippen molar-refractivity contribution < 1.29 is 52.5 Å². The van der Waals surface area contributed by atoms with Crippen LogP contribution in [0.1, 0.15) is 6.92 Å². The summed E-state index contributed by atoms with van der Waals surface area (Å²) in [4.78, 5) is 1.58. The number of hydrogen-bond donors (Lipinski definition) is 1. The van der Waals surface area contributed by atoms with Gasteiger partial charge in [0.05, 0.1) is 19.3 Å². The van der Waals surface area contributed by atoms with E-state index in [-0.39, 0.29) is 32.2 Å². The molecule has 2 rings (SSSR count). The zero-order valence-corrected chi connectivity index (χ0v) is 22.7. The first kappa shape index (κ1) is 31.5. The monoisotopic (exact) mass is 523 g/mol. The predicted molar refractivity (Wildman–Crippen MR) is 129 cm³/mol. The summed E-state index contributed by atoms with van der Waals surface area (Å²) in [5.41, 5.74) is 0. The summed E-state index contributed by atoms with van der Waals surface area (Å²) < 4.78 is 59.0. The number of aliphatic hydroxyl groups excluding tert-OH is 1. The summed E-state index contributed by atoms with van der Waals surface area (Å²) in [5, 5.41) is 9.88. The van der Waals surface area contributed by atoms with E-state index in [4.69, 9.17) is 47.4 Å². The van der Waals surface area contributed by atoms with Crippen molar-refractivity contribution in [2.45, 2.75) is 74.4 Å². The Balaban J connectivity index is 2.25. The van der Waals surface area contributed by atoms with Crippen LogP contribution in [-0.4, -0.2) is 147 Å². The second-order valence-corrected chi connectivity index (χ2v) is 8.89. The van der Waals surface area contributed by atoms with Gasteiger partial charge >= 0.3 is 0 Å². The lowest BCUT2D eigenvalue weighted by Crippen LogP contribution is -2.65. The first-order valence-corrected chi connectivity index (χ1v) is 12.0. The molecular formula is C24H45NO11. The van der Waals surface area contributed by atoms with E-state index in [2.05, 4.69) is 6.58 Å². The minimum atomic E-state index is -0.868. The van der Waals surface area contributed by atoms with Crippen LogP contribution < -0.4 is 0 Å². The Morgan fingerprint density at radius 3 is 1.89 bits per heavy atom. The van der Waals surface area contributed by atoms with Gasteiger partial charge in [-0.15, -0.1) is 0 Å². The molecule has 0 aromatic heterocycles. The molecule has 12 heteroatoms. The highest BCUT2D eigenvalue weighted by molar-refractivity contribution is 4.97. The van der Waals surface area contributed by atoms with Crippen molar-refractivity contribution in [2.24, 2.45) is 0 Å². The highest BCUT2D eigenvalue weighted by atomic mass is 16.7. The summed E-state index contributed by atoms with van der Waals surface area (Å²) in [6.07, 6.45) is -4.58. The molecule has 0 spiro atoms. The van der Waals surface area contributed by atoms with Gasteiger partial charge in [-0.05, 0) is 20.0 Å². The van der Waals surface area contributed by atoms with Crippen LogP contribution in [0.2, 0.25) is 0 Å². The zero-order chi connectivity index (χ0) is 26.8. The zero-order valence-electron chi connectivity index (χ0n) is 22.7. The molecule has 11 unspecified atom stereocenters. The Labute approximate surface area is 214 Å². The summed E-state index contributed by atoms with van der Waals surface area (Å²) in [5.74, 6) is 0. The van der Waals surface area contributed by atoms with Crippen molar-refractivity contribution >= 4 is 0 Å². The van der Waals surface area contributed by atoms with Gasteiger partial charge in [0.1, 0.15) is 61.8 Å². The second kappa shape index (κ2) is 15.6. The van der Waals surface area contributed by atoms with Crippen LogP contribution >= 0.6 is 0 Å². The van der Waals surface area contributed by atoms with Crippen LogP contribution in [0.5, 0.6) is 0 Å². The van der Waals surface area contributed by atoms with Crippen molar-refractivity contribution in [3.63, 3.8) is 0 Å². The minimum Gasteiger partial charge on any atom is -0.382 e. The molecule has 2 aliphatic rings. The summed E-state index contributed by atoms with van der Waals surface area (Å²) in [6.45, 7) is 6.08. The molecule has 0 aromatic rings. The van der Waals surface area contributed by atoms with Crippen LogP contribution in [0, 0.1) is 0 Å². The van der Waals surface area contributed by atoms with Crippen molar-refractivity contribution in [3.8, 4) is 0 Å². The normalized spacial score (nSPS) is 38.3. The van der Waals surface area contributed by atoms with Gasteiger partial charge in [0.2, 0.25) is 0 Å². The third kappa shape index (κ3) is 7.43. The van der Waals surface area contributed by atoms with Gasteiger partial charge in [-0.1, -0.05) is 6.58 Å². The molecule has 2 saturated heterocycles. The maximum Gasteiger partial charge on any atom is 0.187 e. The van der Waals surface area contributed by atoms with Crippen molar-refractivity contribution in [1.29, 1.82) is 0 Å². The molecule has 212 valence electrons. The smallest absolute Gasteiger partial charge is 0.187 e. The fourth-order valence-electron chi connectivity index (χ4n) is 4.80. The average Bonchev–Trinajstić information content (AvgIpc) is 2.88. The maximum atomic E-state index is 9.88. The number of rotatable bonds is 15. The number of nitrogens with zero attached hydrogens (tertiary/aromatic N) is 1. The van der Waals surface area contributed by atoms with Crippen LogP contribution in [0.25, 0.3) is 0 Å². The lowest BCUT2D eigenvalue weighted by molar-refractivity contribution is -0.351. The van der Waals surface area contributed by atoms with Crippen LogP contribution in [0.15, 0.2) is 12.7 Å². The molecule has 2 aliphatic heterocycles. The van der Waals surface area contributed by atoms with Crippen molar-refractivity contribution in [3.05, 3.63) is 12.7 Å². The molecule has 0 amide bonds. The molecule has 36 heavy (non-hydrogen) atoms. The topological polar surface area (TPSA) is 116 Å². The first-order chi connectivity index (χ1) is 17.3. The highest BCUT2D eigenvalue weighted by Crippen LogP contribution is 2.33. The molecule has 2 heterocycles. The van der Waals surface area contributed by atoms with E-state index in [1.54, 1.807) is 54.6 Å². The van der Waals surface area contributed by atoms with E-state index in [0.717, 1.165) is 0 Å². The van der Waals surface area contributed by atoms with Crippen molar-refractivity contribution in [1.82, 2.24) is 4.90 Å². The summed E-state index contributed by atoms with van der Waals surface area (Å²) in [6, 6.07) is 0. The molecular weight excluding hydrogens is 478 g/mol. The molecule has 12 nitrogen and oxygen atoms in total. The minimum absolute atomic E-state index is 0.145. The SMILES string of the molecule is C=CC(O)N(C)COCC1OC(OC2C(COC)OC(C)C(OC)C2OC)C(OC)C(OC)C1OC. The quantitative estimate of drug-likeness (QED) is 0.230. The summed E-state index contributed by atoms with van der Waals surface area (Å²) in [7, 11) is 11.2. The average molecular weight is 524 g/mol. The third-order valence-electron chi connectivity index (χ3n) is 6.68. The number of methoxy groups -OCH3 is 6. The van der Waals surface area contributed by atoms with E-state index >= 15 is 0 Å². The molecule has 0 saturated carbocycles. The van der Waals surface area contributed by atoms with Crippen molar-refractivity contribution in [2.75, 3.05) is 69.7 Å². The lowest BCUT2D eigenvalue weighted by atomic mass is 9.94. The number of aliphatic hydroxyl groups is 1. The molecule has 0 bridgehead atoms. The van der Waals surface area contributed by atoms with Gasteiger partial charge in [-0.25, -0.2) is 0 Å². The van der Waals surface area contributed by atoms with E-state index in [1.807, 2.05) is 6.92 Å². The van der Waals surface area contributed by atoms with Gasteiger partial charge in [0, 0.05) is 42.7 Å². The highest BCUT2D eigenvalue weighted by Gasteiger charge is 2.52. The molecule has 0 aliphatic carbocycles. The second-order valence-electron chi connectivity index (χ2n) is 8.89. The van der Waals surface area contributed by atoms with E-state index in [1.165, 1.54) is 6.08 Å². The lowest BCUT2D eigenvalue weighted by Gasteiger charge is -2.49. The fraction of sp³-hybridized carbons (Fsp3) is 0.917. The standard InChI is InChI=1S/C24H45NO11/c1-10-17(26)25(3)13-33-12-16-19(29-6)22(31-8)23(32-9)24(35-16)36-20-15(11-27-4)34-14(2)18(28-5)21(20)30-7/h10,14-24,26H,1,11-13H2,2-9H3. The Kier molecular flexibility index (Phi) is 13.7. The third-order valence-corrected chi connectivity index (χ3v) is 6.68. The molecule has 0 aromatic carbocycles. The van der Waals surface area contributed by atoms with Gasteiger partial charge in [-0.2, -0.15) is 0 Å². The molecule has 1 N–H and O–H groups in total. The van der Waals surface area contributed by atoms with Gasteiger partial charge in [0.25, 0.3) is 0 Å². The van der Waals surface area contributed by atoms with Crippen LogP contribution in [-0.2, 0) is 47.4 Å². The Bertz CT molecular complexity index is 629. The maximum absolute atomic E-state index is 9.88. The van der Waals surface area contributed by atoms with E-state index in [9.17, 15) is 5.11 Å². The summed E-state index contributed by atoms with van der Waals surface area (Å²) >= 11 is 0. The fourth-order valence-corrected chi connectivity index (χ4v) is 4.80. The van der Waals surface area contributed by atoms with Crippen LogP contribution in [0.3, 0.4) is 0 Å². The Morgan fingerprint density at radius 2 is 1.36 bits per heavy atom. The Hall–Kier alpha value is -0.740. The predicted octanol–water partition coefficient (Wildman–Crippen LogP) is 0.0155. The largest absolute Gasteiger partial charge is 0.382 e. The van der Waals surface area contributed by atoms with E-state index in [0.29, 0.717) is 0 Å². The number of hydrogen-bond acceptors (Lipinski definition) is 12. The number of ether oxygens (including phenoxy) is 10. The van der Waals surface area contributed by atoms with Gasteiger partial charge in [0.15, 0.2) is 6.29 Å². The van der Waals surface area contributed by atoms with Crippen LogP contribution in [0.4, 0.5) is 0 Å². The molecule has 0 radical (unpaired) electrons. The molecule has 11 atom stereocenters. The first-order valence-electron chi connectivity index (χ1n) is 12.0. The Morgan fingerprint density at radius 1 is 0.806 bits per heavy atom. The van der Waals surface area contributed by atoms with E-state index < -0.39 is 55.2 Å².